The number of halogens is 1. The first-order chi connectivity index (χ1) is 10.8. The second kappa shape index (κ2) is 8.48. The molecule has 124 valence electrons. The molecule has 23 heavy (non-hydrogen) atoms. The maximum atomic E-state index is 12.5. The standard InChI is InChI=1S/C18H22N2OS.ClH/c19-10-16-11-20(12-17(16)15-4-2-1-3-5-15)18(21)7-6-14-8-9-22-13-14;/h1-5,8-9,13,16-17H,6-7,10-12,19H2;1H/t16-,17+;/m1./s1. The van der Waals surface area contributed by atoms with Gasteiger partial charge in [-0.15, -0.1) is 12.4 Å². The Morgan fingerprint density at radius 3 is 2.65 bits per heavy atom. The highest BCUT2D eigenvalue weighted by Gasteiger charge is 2.34. The molecule has 0 aliphatic carbocycles. The van der Waals surface area contributed by atoms with Gasteiger partial charge in [0.15, 0.2) is 0 Å². The molecule has 1 aliphatic rings. The predicted octanol–water partition coefficient (Wildman–Crippen LogP) is 3.30. The normalized spacial score (nSPS) is 20.3. The number of carbonyl (C=O) groups excluding carboxylic acids is 1. The largest absolute Gasteiger partial charge is 0.342 e. The van der Waals surface area contributed by atoms with Crippen molar-refractivity contribution >= 4 is 29.7 Å². The average Bonchev–Trinajstić information content (AvgIpc) is 3.22. The zero-order valence-corrected chi connectivity index (χ0v) is 14.7. The van der Waals surface area contributed by atoms with Crippen molar-refractivity contribution in [2.45, 2.75) is 18.8 Å². The van der Waals surface area contributed by atoms with Crippen molar-refractivity contribution < 1.29 is 4.79 Å². The second-order valence-electron chi connectivity index (χ2n) is 5.94. The third-order valence-electron chi connectivity index (χ3n) is 4.53. The smallest absolute Gasteiger partial charge is 0.222 e. The molecule has 0 unspecified atom stereocenters. The van der Waals surface area contributed by atoms with E-state index in [9.17, 15) is 4.79 Å². The first-order valence-electron chi connectivity index (χ1n) is 7.82. The molecule has 1 fully saturated rings. The zero-order valence-electron chi connectivity index (χ0n) is 13.1. The first kappa shape index (κ1) is 18.0. The van der Waals surface area contributed by atoms with Gasteiger partial charge in [0.2, 0.25) is 5.91 Å². The molecule has 3 rings (SSSR count). The SMILES string of the molecule is Cl.NC[C@@H]1CN(C(=O)CCc2ccsc2)C[C@H]1c1ccccc1. The Balaban J connectivity index is 0.00000192. The van der Waals surface area contributed by atoms with E-state index >= 15 is 0 Å². The molecule has 1 aliphatic heterocycles. The number of aryl methyl sites for hydroxylation is 1. The lowest BCUT2D eigenvalue weighted by atomic mass is 9.89. The van der Waals surface area contributed by atoms with Crippen molar-refractivity contribution in [1.29, 1.82) is 0 Å². The molecule has 2 heterocycles. The van der Waals surface area contributed by atoms with Gasteiger partial charge in [0.05, 0.1) is 0 Å². The lowest BCUT2D eigenvalue weighted by Gasteiger charge is -2.16. The summed E-state index contributed by atoms with van der Waals surface area (Å²) in [5, 5.41) is 4.18. The van der Waals surface area contributed by atoms with Crippen LogP contribution < -0.4 is 5.73 Å². The molecule has 0 radical (unpaired) electrons. The number of hydrogen-bond acceptors (Lipinski definition) is 3. The first-order valence-corrected chi connectivity index (χ1v) is 8.76. The number of amides is 1. The van der Waals surface area contributed by atoms with Crippen molar-refractivity contribution in [1.82, 2.24) is 4.90 Å². The molecular weight excluding hydrogens is 328 g/mol. The van der Waals surface area contributed by atoms with Crippen LogP contribution in [0.3, 0.4) is 0 Å². The lowest BCUT2D eigenvalue weighted by Crippen LogP contribution is -2.29. The third-order valence-corrected chi connectivity index (χ3v) is 5.26. The average molecular weight is 351 g/mol. The van der Waals surface area contributed by atoms with Gasteiger partial charge in [-0.25, -0.2) is 0 Å². The van der Waals surface area contributed by atoms with E-state index < -0.39 is 0 Å². The van der Waals surface area contributed by atoms with Gasteiger partial charge in [-0.1, -0.05) is 30.3 Å². The molecule has 1 amide bonds. The van der Waals surface area contributed by atoms with E-state index in [1.807, 2.05) is 11.0 Å². The van der Waals surface area contributed by atoms with Crippen LogP contribution in [0.1, 0.15) is 23.5 Å². The lowest BCUT2D eigenvalue weighted by molar-refractivity contribution is -0.130. The van der Waals surface area contributed by atoms with E-state index in [1.54, 1.807) is 11.3 Å². The fourth-order valence-corrected chi connectivity index (χ4v) is 3.94. The highest BCUT2D eigenvalue weighted by atomic mass is 35.5. The summed E-state index contributed by atoms with van der Waals surface area (Å²) in [4.78, 5) is 14.5. The van der Waals surface area contributed by atoms with Gasteiger partial charge in [0.1, 0.15) is 0 Å². The fourth-order valence-electron chi connectivity index (χ4n) is 3.24. The molecule has 0 spiro atoms. The van der Waals surface area contributed by atoms with Gasteiger partial charge in [0, 0.05) is 25.4 Å². The van der Waals surface area contributed by atoms with Crippen LogP contribution in [0.2, 0.25) is 0 Å². The maximum absolute atomic E-state index is 12.5. The van der Waals surface area contributed by atoms with E-state index in [-0.39, 0.29) is 18.3 Å². The zero-order chi connectivity index (χ0) is 15.4. The topological polar surface area (TPSA) is 46.3 Å². The van der Waals surface area contributed by atoms with E-state index in [2.05, 4.69) is 41.1 Å². The Labute approximate surface area is 147 Å². The molecule has 1 aromatic heterocycles. The van der Waals surface area contributed by atoms with Crippen LogP contribution in [0.15, 0.2) is 47.2 Å². The Kier molecular flexibility index (Phi) is 6.63. The predicted molar refractivity (Wildman–Crippen MR) is 98.2 cm³/mol. The fraction of sp³-hybridized carbons (Fsp3) is 0.389. The highest BCUT2D eigenvalue weighted by Crippen LogP contribution is 2.32. The van der Waals surface area contributed by atoms with Crippen LogP contribution in [0, 0.1) is 5.92 Å². The number of rotatable bonds is 5. The molecule has 0 saturated carbocycles. The number of benzene rings is 1. The van der Waals surface area contributed by atoms with Crippen LogP contribution in [0.4, 0.5) is 0 Å². The van der Waals surface area contributed by atoms with E-state index in [0.717, 1.165) is 19.5 Å². The summed E-state index contributed by atoms with van der Waals surface area (Å²) in [5.41, 5.74) is 8.49. The molecule has 2 N–H and O–H groups in total. The summed E-state index contributed by atoms with van der Waals surface area (Å²) in [6.07, 6.45) is 1.43. The van der Waals surface area contributed by atoms with Gasteiger partial charge in [-0.05, 0) is 46.8 Å². The van der Waals surface area contributed by atoms with Crippen molar-refractivity contribution in [3.05, 3.63) is 58.3 Å². The van der Waals surface area contributed by atoms with Crippen molar-refractivity contribution in [3.8, 4) is 0 Å². The van der Waals surface area contributed by atoms with Crippen LogP contribution in [0.25, 0.3) is 0 Å². The van der Waals surface area contributed by atoms with Gasteiger partial charge in [-0.2, -0.15) is 11.3 Å². The minimum atomic E-state index is 0. The molecule has 0 bridgehead atoms. The number of likely N-dealkylation sites (tertiary alicyclic amines) is 1. The van der Waals surface area contributed by atoms with Gasteiger partial charge in [-0.3, -0.25) is 4.79 Å². The second-order valence-corrected chi connectivity index (χ2v) is 6.72. The Morgan fingerprint density at radius 2 is 2.00 bits per heavy atom. The third kappa shape index (κ3) is 4.34. The molecule has 3 nitrogen and oxygen atoms in total. The molecule has 2 aromatic rings. The van der Waals surface area contributed by atoms with Crippen LogP contribution in [0.5, 0.6) is 0 Å². The van der Waals surface area contributed by atoms with Gasteiger partial charge in [0.25, 0.3) is 0 Å². The Hall–Kier alpha value is -1.36. The number of thiophene rings is 1. The Bertz CT molecular complexity index is 603. The van der Waals surface area contributed by atoms with Crippen LogP contribution in [-0.2, 0) is 11.2 Å². The number of nitrogens with zero attached hydrogens (tertiary/aromatic N) is 1. The van der Waals surface area contributed by atoms with Crippen molar-refractivity contribution in [3.63, 3.8) is 0 Å². The minimum Gasteiger partial charge on any atom is -0.342 e. The molecule has 5 heteroatoms. The van der Waals surface area contributed by atoms with E-state index in [1.165, 1.54) is 11.1 Å². The van der Waals surface area contributed by atoms with Crippen LogP contribution >= 0.6 is 23.7 Å². The molecule has 1 aromatic carbocycles. The van der Waals surface area contributed by atoms with Crippen LogP contribution in [-0.4, -0.2) is 30.4 Å². The summed E-state index contributed by atoms with van der Waals surface area (Å²) in [7, 11) is 0. The summed E-state index contributed by atoms with van der Waals surface area (Å²) in [5.74, 6) is 0.992. The molecule has 2 atom stereocenters. The summed E-state index contributed by atoms with van der Waals surface area (Å²) < 4.78 is 0. The quantitative estimate of drug-likeness (QED) is 0.899. The monoisotopic (exact) mass is 350 g/mol. The Morgan fingerprint density at radius 1 is 1.22 bits per heavy atom. The van der Waals surface area contributed by atoms with Gasteiger partial charge < -0.3 is 10.6 Å². The van der Waals surface area contributed by atoms with Crippen molar-refractivity contribution in [2.75, 3.05) is 19.6 Å². The number of nitrogens with two attached hydrogens (primary N) is 1. The molecule has 1 saturated heterocycles. The summed E-state index contributed by atoms with van der Waals surface area (Å²) in [6.45, 7) is 2.22. The van der Waals surface area contributed by atoms with E-state index in [4.69, 9.17) is 5.73 Å². The number of hydrogen-bond donors (Lipinski definition) is 1. The highest BCUT2D eigenvalue weighted by molar-refractivity contribution is 7.07. The van der Waals surface area contributed by atoms with E-state index in [0.29, 0.717) is 24.8 Å². The van der Waals surface area contributed by atoms with Crippen molar-refractivity contribution in [2.24, 2.45) is 11.7 Å². The summed E-state index contributed by atoms with van der Waals surface area (Å²) in [6, 6.07) is 12.5. The molecular formula is C18H23ClN2OS. The number of carbonyl (C=O) groups is 1. The van der Waals surface area contributed by atoms with Gasteiger partial charge >= 0.3 is 0 Å². The minimum absolute atomic E-state index is 0. The summed E-state index contributed by atoms with van der Waals surface area (Å²) >= 11 is 1.68. The maximum Gasteiger partial charge on any atom is 0.222 e.